The standard InChI is InChI=1S/C23H34N2O3S/c1-27-23-13-19(14-24-15-20-9-12-29-18-20)7-8-22(23)28-17-21(26)16-25-10-5-3-2-4-6-11-25/h7-9,12-13,18,21,24,26H,2-6,10-11,14-17H2,1H3. The van der Waals surface area contributed by atoms with Crippen LogP contribution in [-0.4, -0.2) is 49.5 Å². The zero-order valence-corrected chi connectivity index (χ0v) is 18.3. The third kappa shape index (κ3) is 7.63. The average Bonchev–Trinajstić information content (AvgIpc) is 3.22. The predicted octanol–water partition coefficient (Wildman–Crippen LogP) is 4.05. The Morgan fingerprint density at radius 2 is 1.79 bits per heavy atom. The van der Waals surface area contributed by atoms with Gasteiger partial charge in [-0.2, -0.15) is 11.3 Å². The lowest BCUT2D eigenvalue weighted by atomic mass is 10.1. The Bertz CT molecular complexity index is 700. The zero-order valence-electron chi connectivity index (χ0n) is 17.4. The van der Waals surface area contributed by atoms with E-state index in [1.54, 1.807) is 18.4 Å². The van der Waals surface area contributed by atoms with Gasteiger partial charge in [0.25, 0.3) is 0 Å². The van der Waals surface area contributed by atoms with Crippen LogP contribution >= 0.6 is 11.3 Å². The van der Waals surface area contributed by atoms with Crippen molar-refractivity contribution in [3.8, 4) is 11.5 Å². The molecule has 29 heavy (non-hydrogen) atoms. The molecule has 2 aromatic rings. The minimum Gasteiger partial charge on any atom is -0.493 e. The number of benzene rings is 1. The topological polar surface area (TPSA) is 54.0 Å². The van der Waals surface area contributed by atoms with Crippen LogP contribution in [0.15, 0.2) is 35.0 Å². The smallest absolute Gasteiger partial charge is 0.161 e. The number of thiophene rings is 1. The molecule has 0 radical (unpaired) electrons. The van der Waals surface area contributed by atoms with Crippen molar-refractivity contribution in [3.05, 3.63) is 46.2 Å². The lowest BCUT2D eigenvalue weighted by Crippen LogP contribution is -2.37. The molecule has 0 bridgehead atoms. The molecule has 160 valence electrons. The van der Waals surface area contributed by atoms with Gasteiger partial charge in [0.15, 0.2) is 11.5 Å². The SMILES string of the molecule is COc1cc(CNCc2ccsc2)ccc1OCC(O)CN1CCCCCCC1. The molecule has 2 N–H and O–H groups in total. The number of hydrogen-bond acceptors (Lipinski definition) is 6. The van der Waals surface area contributed by atoms with E-state index in [2.05, 4.69) is 27.0 Å². The predicted molar refractivity (Wildman–Crippen MR) is 119 cm³/mol. The number of aliphatic hydroxyl groups excluding tert-OH is 1. The van der Waals surface area contributed by atoms with Crippen LogP contribution in [-0.2, 0) is 13.1 Å². The molecular weight excluding hydrogens is 384 g/mol. The molecule has 1 atom stereocenters. The summed E-state index contributed by atoms with van der Waals surface area (Å²) in [5, 5.41) is 18.1. The summed E-state index contributed by atoms with van der Waals surface area (Å²) in [5.41, 5.74) is 2.45. The first kappa shape index (κ1) is 22.1. The van der Waals surface area contributed by atoms with E-state index in [-0.39, 0.29) is 6.61 Å². The van der Waals surface area contributed by atoms with Gasteiger partial charge < -0.3 is 24.8 Å². The van der Waals surface area contributed by atoms with Gasteiger partial charge in [-0.3, -0.25) is 0 Å². The summed E-state index contributed by atoms with van der Waals surface area (Å²) in [4.78, 5) is 2.37. The van der Waals surface area contributed by atoms with E-state index in [0.29, 0.717) is 18.0 Å². The molecule has 0 amide bonds. The lowest BCUT2D eigenvalue weighted by Gasteiger charge is -2.26. The van der Waals surface area contributed by atoms with E-state index in [1.165, 1.54) is 37.7 Å². The van der Waals surface area contributed by atoms with Crippen molar-refractivity contribution in [1.29, 1.82) is 0 Å². The normalized spacial score (nSPS) is 16.8. The van der Waals surface area contributed by atoms with Crippen LogP contribution in [0, 0.1) is 0 Å². The second-order valence-corrected chi connectivity index (χ2v) is 8.53. The fraction of sp³-hybridized carbons (Fsp3) is 0.565. The molecule has 1 unspecified atom stereocenters. The van der Waals surface area contributed by atoms with Crippen molar-refractivity contribution in [2.24, 2.45) is 0 Å². The van der Waals surface area contributed by atoms with E-state index in [1.807, 2.05) is 18.2 Å². The summed E-state index contributed by atoms with van der Waals surface area (Å²) in [6.45, 7) is 4.73. The zero-order chi connectivity index (χ0) is 20.3. The van der Waals surface area contributed by atoms with Crippen LogP contribution in [0.3, 0.4) is 0 Å². The fourth-order valence-electron chi connectivity index (χ4n) is 3.72. The first-order valence-corrected chi connectivity index (χ1v) is 11.6. The first-order chi connectivity index (χ1) is 14.2. The molecular formula is C23H34N2O3S. The Balaban J connectivity index is 1.45. The summed E-state index contributed by atoms with van der Waals surface area (Å²) < 4.78 is 11.4. The fourth-order valence-corrected chi connectivity index (χ4v) is 4.39. The maximum absolute atomic E-state index is 10.4. The highest BCUT2D eigenvalue weighted by Gasteiger charge is 2.15. The number of methoxy groups -OCH3 is 1. The number of rotatable bonds is 10. The summed E-state index contributed by atoms with van der Waals surface area (Å²) in [6, 6.07) is 8.11. The van der Waals surface area contributed by atoms with Gasteiger partial charge in [-0.1, -0.05) is 25.3 Å². The Morgan fingerprint density at radius 3 is 2.52 bits per heavy atom. The monoisotopic (exact) mass is 418 g/mol. The van der Waals surface area contributed by atoms with E-state index in [4.69, 9.17) is 9.47 Å². The minimum atomic E-state index is -0.494. The van der Waals surface area contributed by atoms with Crippen LogP contribution < -0.4 is 14.8 Å². The van der Waals surface area contributed by atoms with Gasteiger partial charge >= 0.3 is 0 Å². The Morgan fingerprint density at radius 1 is 1.03 bits per heavy atom. The van der Waals surface area contributed by atoms with Gasteiger partial charge in [-0.25, -0.2) is 0 Å². The average molecular weight is 419 g/mol. The van der Waals surface area contributed by atoms with Gasteiger partial charge in [-0.05, 0) is 66.0 Å². The highest BCUT2D eigenvalue weighted by atomic mass is 32.1. The summed E-state index contributed by atoms with van der Waals surface area (Å²) in [5.74, 6) is 1.39. The molecule has 1 fully saturated rings. The maximum Gasteiger partial charge on any atom is 0.161 e. The molecule has 1 aliphatic rings. The van der Waals surface area contributed by atoms with Gasteiger partial charge in [-0.15, -0.1) is 0 Å². The van der Waals surface area contributed by atoms with Crippen LogP contribution in [0.4, 0.5) is 0 Å². The van der Waals surface area contributed by atoms with E-state index in [9.17, 15) is 5.11 Å². The number of nitrogens with zero attached hydrogens (tertiary/aromatic N) is 1. The quantitative estimate of drug-likeness (QED) is 0.610. The molecule has 1 saturated heterocycles. The van der Waals surface area contributed by atoms with Crippen LogP contribution in [0.5, 0.6) is 11.5 Å². The molecule has 0 spiro atoms. The summed E-state index contributed by atoms with van der Waals surface area (Å²) in [6.07, 6.45) is 5.90. The molecule has 3 rings (SSSR count). The molecule has 6 heteroatoms. The number of β-amino-alcohol motifs (C(OH)–C–C–N with tert-alkyl or cyclic N) is 1. The van der Waals surface area contributed by atoms with Gasteiger partial charge in [0.05, 0.1) is 7.11 Å². The van der Waals surface area contributed by atoms with E-state index in [0.717, 1.165) is 31.7 Å². The number of hydrogen-bond donors (Lipinski definition) is 2. The molecule has 2 heterocycles. The number of ether oxygens (including phenoxy) is 2. The Hall–Kier alpha value is -1.60. The molecule has 0 saturated carbocycles. The van der Waals surface area contributed by atoms with E-state index < -0.39 is 6.10 Å². The second-order valence-electron chi connectivity index (χ2n) is 7.75. The lowest BCUT2D eigenvalue weighted by molar-refractivity contribution is 0.0645. The van der Waals surface area contributed by atoms with Crippen molar-refractivity contribution in [1.82, 2.24) is 10.2 Å². The molecule has 1 aromatic carbocycles. The largest absolute Gasteiger partial charge is 0.493 e. The number of nitrogens with one attached hydrogen (secondary N) is 1. The minimum absolute atomic E-state index is 0.280. The van der Waals surface area contributed by atoms with E-state index >= 15 is 0 Å². The van der Waals surface area contributed by atoms with Crippen LogP contribution in [0.2, 0.25) is 0 Å². The highest BCUT2D eigenvalue weighted by molar-refractivity contribution is 7.07. The third-order valence-corrected chi connectivity index (χ3v) is 6.05. The summed E-state index contributed by atoms with van der Waals surface area (Å²) >= 11 is 1.71. The summed E-state index contributed by atoms with van der Waals surface area (Å²) in [7, 11) is 1.65. The van der Waals surface area contributed by atoms with Crippen molar-refractivity contribution < 1.29 is 14.6 Å². The molecule has 1 aliphatic heterocycles. The van der Waals surface area contributed by atoms with Crippen molar-refractivity contribution in [3.63, 3.8) is 0 Å². The van der Waals surface area contributed by atoms with Crippen LogP contribution in [0.25, 0.3) is 0 Å². The molecule has 5 nitrogen and oxygen atoms in total. The van der Waals surface area contributed by atoms with Crippen molar-refractivity contribution >= 4 is 11.3 Å². The first-order valence-electron chi connectivity index (χ1n) is 10.7. The molecule has 1 aromatic heterocycles. The highest BCUT2D eigenvalue weighted by Crippen LogP contribution is 2.28. The van der Waals surface area contributed by atoms with Gasteiger partial charge in [0.2, 0.25) is 0 Å². The third-order valence-electron chi connectivity index (χ3n) is 5.32. The Labute approximate surface area is 178 Å². The molecule has 0 aliphatic carbocycles. The Kier molecular flexibility index (Phi) is 9.28. The van der Waals surface area contributed by atoms with Crippen molar-refractivity contribution in [2.45, 2.75) is 51.3 Å². The van der Waals surface area contributed by atoms with Gasteiger partial charge in [0.1, 0.15) is 12.7 Å². The van der Waals surface area contributed by atoms with Crippen molar-refractivity contribution in [2.75, 3.05) is 33.4 Å². The van der Waals surface area contributed by atoms with Gasteiger partial charge in [0, 0.05) is 19.6 Å². The number of aliphatic hydroxyl groups is 1. The second kappa shape index (κ2) is 12.2. The van der Waals surface area contributed by atoms with Crippen LogP contribution in [0.1, 0.15) is 43.2 Å². The number of likely N-dealkylation sites (tertiary alicyclic amines) is 1. The maximum atomic E-state index is 10.4.